The van der Waals surface area contributed by atoms with Gasteiger partial charge in [-0.1, -0.05) is 22.0 Å². The molecule has 1 N–H and O–H groups in total. The first-order valence-electron chi connectivity index (χ1n) is 7.93. The summed E-state index contributed by atoms with van der Waals surface area (Å²) in [6, 6.07) is 7.43. The number of carbonyl (C=O) groups is 2. The van der Waals surface area contributed by atoms with Crippen LogP contribution in [0.25, 0.3) is 0 Å². The number of anilines is 1. The Kier molecular flexibility index (Phi) is 5.04. The molecule has 0 unspecified atom stereocenters. The number of nitrogens with zero attached hydrogens (tertiary/aromatic N) is 1. The van der Waals surface area contributed by atoms with Crippen LogP contribution in [0.3, 0.4) is 0 Å². The van der Waals surface area contributed by atoms with Crippen molar-refractivity contribution in [2.24, 2.45) is 5.92 Å². The van der Waals surface area contributed by atoms with Gasteiger partial charge >= 0.3 is 0 Å². The molecular formula is C18H19BrN2O3. The smallest absolute Gasteiger partial charge is 0.257 e. The van der Waals surface area contributed by atoms with E-state index in [1.54, 1.807) is 11.0 Å². The highest BCUT2D eigenvalue weighted by Gasteiger charge is 2.28. The number of rotatable bonds is 3. The molecule has 5 nitrogen and oxygen atoms in total. The van der Waals surface area contributed by atoms with Crippen molar-refractivity contribution in [3.8, 4) is 0 Å². The van der Waals surface area contributed by atoms with Crippen molar-refractivity contribution in [1.29, 1.82) is 0 Å². The van der Waals surface area contributed by atoms with Gasteiger partial charge in [-0.3, -0.25) is 9.59 Å². The summed E-state index contributed by atoms with van der Waals surface area (Å²) >= 11 is 3.47. The van der Waals surface area contributed by atoms with E-state index in [4.69, 9.17) is 4.42 Å². The summed E-state index contributed by atoms with van der Waals surface area (Å²) in [5.74, 6) is -0.0929. The van der Waals surface area contributed by atoms with Gasteiger partial charge in [0.1, 0.15) is 6.26 Å². The van der Waals surface area contributed by atoms with Crippen LogP contribution in [0.15, 0.2) is 45.7 Å². The summed E-state index contributed by atoms with van der Waals surface area (Å²) in [4.78, 5) is 26.5. The molecule has 0 spiro atoms. The quantitative estimate of drug-likeness (QED) is 0.865. The first-order chi connectivity index (χ1) is 11.5. The molecule has 0 aliphatic carbocycles. The Balaban J connectivity index is 1.55. The zero-order valence-corrected chi connectivity index (χ0v) is 15.0. The molecule has 0 bridgehead atoms. The molecule has 1 aromatic carbocycles. The maximum absolute atomic E-state index is 12.4. The van der Waals surface area contributed by atoms with Crippen LogP contribution in [0.2, 0.25) is 0 Å². The summed E-state index contributed by atoms with van der Waals surface area (Å²) in [5, 5.41) is 2.96. The zero-order chi connectivity index (χ0) is 17.1. The Morgan fingerprint density at radius 2 is 2.00 bits per heavy atom. The molecule has 1 aromatic heterocycles. The number of likely N-dealkylation sites (tertiary alicyclic amines) is 1. The first-order valence-corrected chi connectivity index (χ1v) is 8.72. The minimum absolute atomic E-state index is 0.0150. The van der Waals surface area contributed by atoms with Gasteiger partial charge in [-0.05, 0) is 43.5 Å². The maximum Gasteiger partial charge on any atom is 0.257 e. The summed E-state index contributed by atoms with van der Waals surface area (Å²) in [6.45, 7) is 3.17. The predicted octanol–water partition coefficient (Wildman–Crippen LogP) is 3.84. The van der Waals surface area contributed by atoms with Crippen molar-refractivity contribution < 1.29 is 14.0 Å². The normalized spacial score (nSPS) is 15.3. The molecule has 2 heterocycles. The molecule has 0 radical (unpaired) electrons. The molecule has 0 atom stereocenters. The largest absolute Gasteiger partial charge is 0.472 e. The van der Waals surface area contributed by atoms with Crippen LogP contribution in [0.1, 0.15) is 28.8 Å². The second kappa shape index (κ2) is 7.21. The number of halogens is 1. The Bertz CT molecular complexity index is 735. The Labute approximate surface area is 149 Å². The van der Waals surface area contributed by atoms with Crippen molar-refractivity contribution in [2.45, 2.75) is 19.8 Å². The lowest BCUT2D eigenvalue weighted by molar-refractivity contribution is -0.121. The molecule has 24 heavy (non-hydrogen) atoms. The fourth-order valence-electron chi connectivity index (χ4n) is 2.83. The van der Waals surface area contributed by atoms with E-state index in [1.165, 1.54) is 12.5 Å². The highest BCUT2D eigenvalue weighted by Crippen LogP contribution is 2.24. The monoisotopic (exact) mass is 390 g/mol. The van der Waals surface area contributed by atoms with Gasteiger partial charge in [-0.15, -0.1) is 0 Å². The third-order valence-electron chi connectivity index (χ3n) is 4.36. The van der Waals surface area contributed by atoms with Gasteiger partial charge in [0.05, 0.1) is 11.8 Å². The fourth-order valence-corrected chi connectivity index (χ4v) is 3.21. The number of aryl methyl sites for hydroxylation is 1. The number of amides is 2. The topological polar surface area (TPSA) is 62.6 Å². The van der Waals surface area contributed by atoms with Crippen LogP contribution in [0, 0.1) is 12.8 Å². The van der Waals surface area contributed by atoms with Gasteiger partial charge in [-0.2, -0.15) is 0 Å². The second-order valence-electron chi connectivity index (χ2n) is 6.03. The van der Waals surface area contributed by atoms with E-state index in [0.29, 0.717) is 31.5 Å². The average Bonchev–Trinajstić information content (AvgIpc) is 3.12. The van der Waals surface area contributed by atoms with E-state index in [9.17, 15) is 9.59 Å². The fraction of sp³-hybridized carbons (Fsp3) is 0.333. The summed E-state index contributed by atoms with van der Waals surface area (Å²) in [7, 11) is 0. The van der Waals surface area contributed by atoms with Gasteiger partial charge in [0, 0.05) is 29.2 Å². The van der Waals surface area contributed by atoms with Crippen molar-refractivity contribution in [3.63, 3.8) is 0 Å². The van der Waals surface area contributed by atoms with Gasteiger partial charge in [0.2, 0.25) is 5.91 Å². The SMILES string of the molecule is Cc1ccc(NC(=O)C2CCN(C(=O)c3ccoc3)CC2)cc1Br. The molecular weight excluding hydrogens is 372 g/mol. The number of piperidine rings is 1. The van der Waals surface area contributed by atoms with Crippen LogP contribution >= 0.6 is 15.9 Å². The van der Waals surface area contributed by atoms with Crippen molar-refractivity contribution in [1.82, 2.24) is 4.90 Å². The molecule has 6 heteroatoms. The lowest BCUT2D eigenvalue weighted by atomic mass is 9.95. The minimum atomic E-state index is -0.0709. The third-order valence-corrected chi connectivity index (χ3v) is 5.21. The van der Waals surface area contributed by atoms with Gasteiger partial charge in [0.25, 0.3) is 5.91 Å². The van der Waals surface area contributed by atoms with Crippen LogP contribution < -0.4 is 5.32 Å². The van der Waals surface area contributed by atoms with Crippen LogP contribution in [0.5, 0.6) is 0 Å². The van der Waals surface area contributed by atoms with Crippen LogP contribution in [-0.4, -0.2) is 29.8 Å². The highest BCUT2D eigenvalue weighted by molar-refractivity contribution is 9.10. The second-order valence-corrected chi connectivity index (χ2v) is 6.89. The standard InChI is InChI=1S/C18H19BrN2O3/c1-12-2-3-15(10-16(12)19)20-17(22)13-4-7-21(8-5-13)18(23)14-6-9-24-11-14/h2-3,6,9-11,13H,4-5,7-8H2,1H3,(H,20,22). The number of nitrogens with one attached hydrogen (secondary N) is 1. The summed E-state index contributed by atoms with van der Waals surface area (Å²) in [6.07, 6.45) is 4.29. The van der Waals surface area contributed by atoms with E-state index in [2.05, 4.69) is 21.2 Å². The summed E-state index contributed by atoms with van der Waals surface area (Å²) < 4.78 is 5.93. The van der Waals surface area contributed by atoms with Crippen molar-refractivity contribution in [2.75, 3.05) is 18.4 Å². The van der Waals surface area contributed by atoms with Gasteiger partial charge < -0.3 is 14.6 Å². The molecule has 1 aliphatic heterocycles. The molecule has 2 aromatic rings. The zero-order valence-electron chi connectivity index (χ0n) is 13.4. The number of furan rings is 1. The average molecular weight is 391 g/mol. The molecule has 1 aliphatic rings. The lowest BCUT2D eigenvalue weighted by Gasteiger charge is -2.31. The third kappa shape index (κ3) is 3.70. The number of carbonyl (C=O) groups excluding carboxylic acids is 2. The van der Waals surface area contributed by atoms with Gasteiger partial charge in [0.15, 0.2) is 0 Å². The molecule has 2 amide bonds. The molecule has 0 saturated carbocycles. The molecule has 1 saturated heterocycles. The number of benzene rings is 1. The number of hydrogen-bond donors (Lipinski definition) is 1. The summed E-state index contributed by atoms with van der Waals surface area (Å²) in [5.41, 5.74) is 2.47. The van der Waals surface area contributed by atoms with E-state index in [1.807, 2.05) is 25.1 Å². The highest BCUT2D eigenvalue weighted by atomic mass is 79.9. The Hall–Kier alpha value is -2.08. The minimum Gasteiger partial charge on any atom is -0.472 e. The van der Waals surface area contributed by atoms with Crippen molar-refractivity contribution in [3.05, 3.63) is 52.4 Å². The Morgan fingerprint density at radius 3 is 2.62 bits per heavy atom. The molecule has 126 valence electrons. The maximum atomic E-state index is 12.4. The van der Waals surface area contributed by atoms with Crippen LogP contribution in [0.4, 0.5) is 5.69 Å². The first kappa shape index (κ1) is 16.8. The van der Waals surface area contributed by atoms with Gasteiger partial charge in [-0.25, -0.2) is 0 Å². The van der Waals surface area contributed by atoms with Crippen molar-refractivity contribution >= 4 is 33.4 Å². The Morgan fingerprint density at radius 1 is 1.25 bits per heavy atom. The lowest BCUT2D eigenvalue weighted by Crippen LogP contribution is -2.41. The van der Waals surface area contributed by atoms with E-state index in [0.717, 1.165) is 15.7 Å². The molecule has 3 rings (SSSR count). The van der Waals surface area contributed by atoms with E-state index >= 15 is 0 Å². The van der Waals surface area contributed by atoms with Crippen LogP contribution in [-0.2, 0) is 4.79 Å². The van der Waals surface area contributed by atoms with E-state index in [-0.39, 0.29) is 17.7 Å². The molecule has 1 fully saturated rings. The van der Waals surface area contributed by atoms with E-state index < -0.39 is 0 Å². The number of hydrogen-bond acceptors (Lipinski definition) is 3. The predicted molar refractivity (Wildman–Crippen MR) is 94.8 cm³/mol.